The summed E-state index contributed by atoms with van der Waals surface area (Å²) in [4.78, 5) is 9.11. The summed E-state index contributed by atoms with van der Waals surface area (Å²) in [5, 5.41) is 7.79. The molecule has 0 atom stereocenters. The van der Waals surface area contributed by atoms with E-state index in [1.54, 1.807) is 6.20 Å². The minimum absolute atomic E-state index is 0.233. The standard InChI is InChI=1S/C13H20ClN5/c14-13-16-12(9-15-17-13)19-7-3-11(4-8-19)10-18-5-1-2-6-18/h9,11H,1-8,10H2. The third-order valence-corrected chi connectivity index (χ3v) is 4.33. The van der Waals surface area contributed by atoms with Crippen molar-refractivity contribution in [3.8, 4) is 0 Å². The van der Waals surface area contributed by atoms with Gasteiger partial charge in [0.2, 0.25) is 5.28 Å². The highest BCUT2D eigenvalue weighted by molar-refractivity contribution is 6.28. The molecule has 3 rings (SSSR count). The van der Waals surface area contributed by atoms with Gasteiger partial charge in [0.25, 0.3) is 0 Å². The van der Waals surface area contributed by atoms with E-state index in [9.17, 15) is 0 Å². The number of piperidine rings is 1. The van der Waals surface area contributed by atoms with E-state index in [2.05, 4.69) is 25.0 Å². The smallest absolute Gasteiger partial charge is 0.244 e. The quantitative estimate of drug-likeness (QED) is 0.846. The zero-order valence-corrected chi connectivity index (χ0v) is 11.9. The Morgan fingerprint density at radius 2 is 1.89 bits per heavy atom. The molecule has 6 heteroatoms. The summed E-state index contributed by atoms with van der Waals surface area (Å²) >= 11 is 5.79. The summed E-state index contributed by atoms with van der Waals surface area (Å²) in [6.45, 7) is 5.97. The second-order valence-electron chi connectivity index (χ2n) is 5.52. The van der Waals surface area contributed by atoms with Crippen LogP contribution in [-0.4, -0.2) is 52.8 Å². The van der Waals surface area contributed by atoms with E-state index in [-0.39, 0.29) is 5.28 Å². The monoisotopic (exact) mass is 281 g/mol. The maximum absolute atomic E-state index is 5.79. The molecule has 2 aliphatic rings. The normalized spacial score (nSPS) is 22.1. The second kappa shape index (κ2) is 6.01. The van der Waals surface area contributed by atoms with Crippen LogP contribution >= 0.6 is 11.6 Å². The molecule has 1 aromatic heterocycles. The molecular formula is C13H20ClN5. The third-order valence-electron chi connectivity index (χ3n) is 4.17. The number of hydrogen-bond donors (Lipinski definition) is 0. The largest absolute Gasteiger partial charge is 0.355 e. The molecular weight excluding hydrogens is 262 g/mol. The van der Waals surface area contributed by atoms with Crippen LogP contribution in [0.4, 0.5) is 5.82 Å². The van der Waals surface area contributed by atoms with Gasteiger partial charge in [-0.3, -0.25) is 0 Å². The molecule has 0 radical (unpaired) electrons. The highest BCUT2D eigenvalue weighted by atomic mass is 35.5. The van der Waals surface area contributed by atoms with E-state index in [0.717, 1.165) is 24.8 Å². The molecule has 2 aliphatic heterocycles. The number of nitrogens with zero attached hydrogens (tertiary/aromatic N) is 5. The Labute approximate surface area is 119 Å². The van der Waals surface area contributed by atoms with Crippen LogP contribution in [0.1, 0.15) is 25.7 Å². The molecule has 0 spiro atoms. The summed E-state index contributed by atoms with van der Waals surface area (Å²) in [5.41, 5.74) is 0. The maximum Gasteiger partial charge on any atom is 0.244 e. The molecule has 0 saturated carbocycles. The highest BCUT2D eigenvalue weighted by Gasteiger charge is 2.23. The third kappa shape index (κ3) is 3.34. The molecule has 0 bridgehead atoms. The average Bonchev–Trinajstić information content (AvgIpc) is 2.92. The molecule has 5 nitrogen and oxygen atoms in total. The van der Waals surface area contributed by atoms with Crippen LogP contribution in [0, 0.1) is 5.92 Å². The molecule has 19 heavy (non-hydrogen) atoms. The van der Waals surface area contributed by atoms with Crippen molar-refractivity contribution in [3.63, 3.8) is 0 Å². The van der Waals surface area contributed by atoms with Gasteiger partial charge in [-0.05, 0) is 56.3 Å². The van der Waals surface area contributed by atoms with Crippen LogP contribution in [0.3, 0.4) is 0 Å². The van der Waals surface area contributed by atoms with E-state index in [1.165, 1.54) is 45.3 Å². The molecule has 0 unspecified atom stereocenters. The molecule has 1 aromatic rings. The first kappa shape index (κ1) is 13.1. The first-order valence-corrected chi connectivity index (χ1v) is 7.51. The van der Waals surface area contributed by atoms with Crippen LogP contribution in [0.25, 0.3) is 0 Å². The Hall–Kier alpha value is -0.940. The lowest BCUT2D eigenvalue weighted by Gasteiger charge is -2.34. The van der Waals surface area contributed by atoms with Gasteiger partial charge >= 0.3 is 0 Å². The van der Waals surface area contributed by atoms with Crippen molar-refractivity contribution >= 4 is 17.4 Å². The van der Waals surface area contributed by atoms with Gasteiger partial charge in [0, 0.05) is 19.6 Å². The number of likely N-dealkylation sites (tertiary alicyclic amines) is 1. The van der Waals surface area contributed by atoms with E-state index in [0.29, 0.717) is 0 Å². The first-order valence-electron chi connectivity index (χ1n) is 7.14. The highest BCUT2D eigenvalue weighted by Crippen LogP contribution is 2.23. The SMILES string of the molecule is Clc1nncc(N2CCC(CN3CCCC3)CC2)n1. The maximum atomic E-state index is 5.79. The number of halogens is 1. The topological polar surface area (TPSA) is 45.2 Å². The Balaban J connectivity index is 1.51. The lowest BCUT2D eigenvalue weighted by molar-refractivity contribution is 0.249. The van der Waals surface area contributed by atoms with Crippen molar-refractivity contribution in [2.45, 2.75) is 25.7 Å². The second-order valence-corrected chi connectivity index (χ2v) is 5.86. The van der Waals surface area contributed by atoms with Gasteiger partial charge in [0.05, 0.1) is 6.20 Å². The Bertz CT molecular complexity index is 413. The van der Waals surface area contributed by atoms with Crippen molar-refractivity contribution in [1.29, 1.82) is 0 Å². The van der Waals surface area contributed by atoms with Crippen LogP contribution in [0.5, 0.6) is 0 Å². The predicted octanol–water partition coefficient (Wildman–Crippen LogP) is 1.84. The average molecular weight is 282 g/mol. The van der Waals surface area contributed by atoms with Gasteiger partial charge in [0.1, 0.15) is 0 Å². The zero-order valence-electron chi connectivity index (χ0n) is 11.1. The minimum atomic E-state index is 0.233. The van der Waals surface area contributed by atoms with Gasteiger partial charge in [-0.25, -0.2) is 0 Å². The molecule has 0 N–H and O–H groups in total. The van der Waals surface area contributed by atoms with Crippen LogP contribution < -0.4 is 4.90 Å². The summed E-state index contributed by atoms with van der Waals surface area (Å²) < 4.78 is 0. The van der Waals surface area contributed by atoms with Crippen LogP contribution in [0.2, 0.25) is 5.28 Å². The molecule has 104 valence electrons. The minimum Gasteiger partial charge on any atom is -0.355 e. The van der Waals surface area contributed by atoms with E-state index in [1.807, 2.05) is 0 Å². The van der Waals surface area contributed by atoms with Gasteiger partial charge in [0.15, 0.2) is 5.82 Å². The van der Waals surface area contributed by atoms with E-state index < -0.39 is 0 Å². The molecule has 2 saturated heterocycles. The van der Waals surface area contributed by atoms with E-state index in [4.69, 9.17) is 11.6 Å². The first-order chi connectivity index (χ1) is 9.31. The predicted molar refractivity (Wildman–Crippen MR) is 75.4 cm³/mol. The summed E-state index contributed by atoms with van der Waals surface area (Å²) in [5.74, 6) is 1.69. The lowest BCUT2D eigenvalue weighted by atomic mass is 9.96. The number of hydrogen-bond acceptors (Lipinski definition) is 5. The summed E-state index contributed by atoms with van der Waals surface area (Å²) in [7, 11) is 0. The summed E-state index contributed by atoms with van der Waals surface area (Å²) in [6.07, 6.45) is 6.93. The van der Waals surface area contributed by atoms with Gasteiger partial charge in [-0.1, -0.05) is 0 Å². The number of rotatable bonds is 3. The molecule has 2 fully saturated rings. The summed E-state index contributed by atoms with van der Waals surface area (Å²) in [6, 6.07) is 0. The fraction of sp³-hybridized carbons (Fsp3) is 0.769. The van der Waals surface area contributed by atoms with Crippen molar-refractivity contribution < 1.29 is 0 Å². The Morgan fingerprint density at radius 1 is 1.16 bits per heavy atom. The lowest BCUT2D eigenvalue weighted by Crippen LogP contribution is -2.38. The fourth-order valence-electron chi connectivity index (χ4n) is 3.10. The van der Waals surface area contributed by atoms with Crippen LogP contribution in [0.15, 0.2) is 6.20 Å². The number of anilines is 1. The Kier molecular flexibility index (Phi) is 4.13. The molecule has 3 heterocycles. The van der Waals surface area contributed by atoms with Crippen molar-refractivity contribution in [2.75, 3.05) is 37.6 Å². The van der Waals surface area contributed by atoms with Gasteiger partial charge in [-0.15, -0.1) is 5.10 Å². The number of aromatic nitrogens is 3. The molecule has 0 aromatic carbocycles. The van der Waals surface area contributed by atoms with Crippen molar-refractivity contribution in [2.24, 2.45) is 5.92 Å². The Morgan fingerprint density at radius 3 is 2.58 bits per heavy atom. The zero-order chi connectivity index (χ0) is 13.1. The molecule has 0 amide bonds. The molecule has 0 aliphatic carbocycles. The van der Waals surface area contributed by atoms with Crippen molar-refractivity contribution in [3.05, 3.63) is 11.5 Å². The fourth-order valence-corrected chi connectivity index (χ4v) is 3.23. The van der Waals surface area contributed by atoms with Gasteiger partial charge < -0.3 is 9.80 Å². The van der Waals surface area contributed by atoms with Gasteiger partial charge in [-0.2, -0.15) is 10.1 Å². The van der Waals surface area contributed by atoms with Crippen LogP contribution in [-0.2, 0) is 0 Å². The van der Waals surface area contributed by atoms with Crippen molar-refractivity contribution in [1.82, 2.24) is 20.1 Å². The van der Waals surface area contributed by atoms with E-state index >= 15 is 0 Å².